The van der Waals surface area contributed by atoms with E-state index < -0.39 is 0 Å². The maximum atomic E-state index is 13.4. The van der Waals surface area contributed by atoms with Gasteiger partial charge in [0.2, 0.25) is 0 Å². The first-order valence-electron chi connectivity index (χ1n) is 5.05. The molecule has 1 rings (SSSR count). The minimum Gasteiger partial charge on any atom is -0.367 e. The smallest absolute Gasteiger partial charge is 0.166 e. The lowest BCUT2D eigenvalue weighted by Gasteiger charge is -2.24. The number of nitrogens with one attached hydrogen (secondary N) is 1. The summed E-state index contributed by atoms with van der Waals surface area (Å²) in [5, 5.41) is 3.00. The number of halogens is 3. The van der Waals surface area contributed by atoms with Gasteiger partial charge in [0.25, 0.3) is 0 Å². The van der Waals surface area contributed by atoms with Gasteiger partial charge in [0.05, 0.1) is 0 Å². The Hall–Kier alpha value is -0.350. The van der Waals surface area contributed by atoms with Crippen molar-refractivity contribution in [3.8, 4) is 0 Å². The molecule has 1 aromatic rings. The lowest BCUT2D eigenvalue weighted by Crippen LogP contribution is -2.24. The fourth-order valence-corrected chi connectivity index (χ4v) is 2.03. The predicted molar refractivity (Wildman–Crippen MR) is 69.5 cm³/mol. The molecule has 1 N–H and O–H groups in total. The number of hydrogen-bond donors (Lipinski definition) is 1. The zero-order valence-electron chi connectivity index (χ0n) is 9.36. The number of aromatic nitrogens is 1. The van der Waals surface area contributed by atoms with Crippen molar-refractivity contribution >= 4 is 33.3 Å². The summed E-state index contributed by atoms with van der Waals surface area (Å²) in [7, 11) is 0. The normalized spacial score (nSPS) is 11.6. The summed E-state index contributed by atoms with van der Waals surface area (Å²) in [5.41, 5.74) is 0.0307. The van der Waals surface area contributed by atoms with Gasteiger partial charge >= 0.3 is 0 Å². The molecule has 1 heterocycles. The van der Waals surface area contributed by atoms with Crippen LogP contribution in [0, 0.1) is 11.2 Å². The first kappa shape index (κ1) is 13.7. The number of anilines is 1. The van der Waals surface area contributed by atoms with E-state index in [1.807, 2.05) is 0 Å². The Morgan fingerprint density at radius 1 is 1.56 bits per heavy atom. The molecular weight excluding hydrogens is 294 g/mol. The average molecular weight is 310 g/mol. The van der Waals surface area contributed by atoms with Gasteiger partial charge in [-0.05, 0) is 33.8 Å². The van der Waals surface area contributed by atoms with E-state index in [2.05, 4.69) is 40.1 Å². The van der Waals surface area contributed by atoms with Gasteiger partial charge in [0.1, 0.15) is 0 Å². The summed E-state index contributed by atoms with van der Waals surface area (Å²) in [5.74, 6) is 0.534. The third-order valence-electron chi connectivity index (χ3n) is 2.31. The van der Waals surface area contributed by atoms with Crippen LogP contribution in [0.25, 0.3) is 0 Å². The number of rotatable bonds is 5. The number of alkyl halides is 1. The molecule has 16 heavy (non-hydrogen) atoms. The summed E-state index contributed by atoms with van der Waals surface area (Å²) in [6.07, 6.45) is 2.44. The Morgan fingerprint density at radius 3 is 2.81 bits per heavy atom. The van der Waals surface area contributed by atoms with Gasteiger partial charge in [-0.2, -0.15) is 0 Å². The lowest BCUT2D eigenvalue weighted by atomic mass is 9.90. The molecule has 90 valence electrons. The SMILES string of the molecule is CC(C)(CCCl)CNc1ncc(Br)cc1F. The fraction of sp³-hybridized carbons (Fsp3) is 0.545. The lowest BCUT2D eigenvalue weighted by molar-refractivity contribution is 0.378. The van der Waals surface area contributed by atoms with Crippen LogP contribution in [-0.2, 0) is 0 Å². The molecular formula is C11H15BrClFN2. The Balaban J connectivity index is 2.61. The Kier molecular flexibility index (Phi) is 4.99. The summed E-state index contributed by atoms with van der Waals surface area (Å²) in [6.45, 7) is 4.81. The highest BCUT2D eigenvalue weighted by atomic mass is 79.9. The summed E-state index contributed by atoms with van der Waals surface area (Å²) in [4.78, 5) is 3.98. The molecule has 0 atom stereocenters. The second kappa shape index (κ2) is 5.82. The van der Waals surface area contributed by atoms with E-state index >= 15 is 0 Å². The number of nitrogens with zero attached hydrogens (tertiary/aromatic N) is 1. The highest BCUT2D eigenvalue weighted by Crippen LogP contribution is 2.23. The molecule has 2 nitrogen and oxygen atoms in total. The van der Waals surface area contributed by atoms with Crippen LogP contribution in [0.5, 0.6) is 0 Å². The molecule has 0 saturated carbocycles. The van der Waals surface area contributed by atoms with Crippen molar-refractivity contribution < 1.29 is 4.39 Å². The molecule has 0 aromatic carbocycles. The van der Waals surface area contributed by atoms with Crippen LogP contribution in [0.2, 0.25) is 0 Å². The van der Waals surface area contributed by atoms with Crippen LogP contribution >= 0.6 is 27.5 Å². The van der Waals surface area contributed by atoms with E-state index in [0.29, 0.717) is 16.9 Å². The van der Waals surface area contributed by atoms with Crippen LogP contribution in [0.3, 0.4) is 0 Å². The zero-order valence-corrected chi connectivity index (χ0v) is 11.7. The molecule has 0 fully saturated rings. The van der Waals surface area contributed by atoms with Crippen LogP contribution in [0.4, 0.5) is 10.2 Å². The van der Waals surface area contributed by atoms with Gasteiger partial charge in [-0.3, -0.25) is 0 Å². The summed E-state index contributed by atoms with van der Waals surface area (Å²) in [6, 6.07) is 1.39. The standard InChI is InChI=1S/C11H15BrClFN2/c1-11(2,3-4-13)7-16-10-9(14)5-8(12)6-15-10/h5-6H,3-4,7H2,1-2H3,(H,15,16). The number of pyridine rings is 1. The van der Waals surface area contributed by atoms with Crippen molar-refractivity contribution in [1.82, 2.24) is 4.98 Å². The van der Waals surface area contributed by atoms with Crippen LogP contribution in [0.1, 0.15) is 20.3 Å². The molecule has 0 amide bonds. The molecule has 0 spiro atoms. The second-order valence-electron chi connectivity index (χ2n) is 4.44. The first-order chi connectivity index (χ1) is 7.44. The van der Waals surface area contributed by atoms with Crippen molar-refractivity contribution in [3.05, 3.63) is 22.6 Å². The molecule has 0 aliphatic rings. The highest BCUT2D eigenvalue weighted by Gasteiger charge is 2.17. The van der Waals surface area contributed by atoms with Gasteiger partial charge in [0.15, 0.2) is 11.6 Å². The van der Waals surface area contributed by atoms with Gasteiger partial charge < -0.3 is 5.32 Å². The molecule has 0 radical (unpaired) electrons. The highest BCUT2D eigenvalue weighted by molar-refractivity contribution is 9.10. The third kappa shape index (κ3) is 4.26. The van der Waals surface area contributed by atoms with E-state index in [1.165, 1.54) is 6.07 Å². The molecule has 1 aromatic heterocycles. The van der Waals surface area contributed by atoms with Crippen molar-refractivity contribution in [2.75, 3.05) is 17.7 Å². The zero-order chi connectivity index (χ0) is 12.2. The van der Waals surface area contributed by atoms with Gasteiger partial charge in [-0.15, -0.1) is 11.6 Å². The van der Waals surface area contributed by atoms with Crippen LogP contribution in [0.15, 0.2) is 16.7 Å². The Labute approximate surface area is 109 Å². The average Bonchev–Trinajstić information content (AvgIpc) is 2.16. The molecule has 0 aliphatic carbocycles. The second-order valence-corrected chi connectivity index (χ2v) is 5.73. The Bertz CT molecular complexity index is 358. The Morgan fingerprint density at radius 2 is 2.25 bits per heavy atom. The fourth-order valence-electron chi connectivity index (χ4n) is 1.21. The first-order valence-corrected chi connectivity index (χ1v) is 6.38. The van der Waals surface area contributed by atoms with Crippen molar-refractivity contribution in [1.29, 1.82) is 0 Å². The molecule has 0 unspecified atom stereocenters. The quantitative estimate of drug-likeness (QED) is 0.830. The van der Waals surface area contributed by atoms with Crippen LogP contribution < -0.4 is 5.32 Å². The third-order valence-corrected chi connectivity index (χ3v) is 2.94. The van der Waals surface area contributed by atoms with Gasteiger partial charge in [0, 0.05) is 23.1 Å². The molecule has 5 heteroatoms. The van der Waals surface area contributed by atoms with E-state index in [4.69, 9.17) is 11.6 Å². The van der Waals surface area contributed by atoms with E-state index in [9.17, 15) is 4.39 Å². The maximum Gasteiger partial charge on any atom is 0.166 e. The minimum atomic E-state index is -0.351. The van der Waals surface area contributed by atoms with E-state index in [1.54, 1.807) is 6.20 Å². The van der Waals surface area contributed by atoms with Gasteiger partial charge in [-0.1, -0.05) is 13.8 Å². The summed E-state index contributed by atoms with van der Waals surface area (Å²) >= 11 is 8.86. The maximum absolute atomic E-state index is 13.4. The van der Waals surface area contributed by atoms with E-state index in [0.717, 1.165) is 6.42 Å². The minimum absolute atomic E-state index is 0.0307. The van der Waals surface area contributed by atoms with Crippen molar-refractivity contribution in [3.63, 3.8) is 0 Å². The molecule has 0 aliphatic heterocycles. The topological polar surface area (TPSA) is 24.9 Å². The molecule has 0 saturated heterocycles. The molecule has 0 bridgehead atoms. The van der Waals surface area contributed by atoms with Gasteiger partial charge in [-0.25, -0.2) is 9.37 Å². The number of hydrogen-bond acceptors (Lipinski definition) is 2. The predicted octanol–water partition coefficient (Wildman–Crippen LogP) is 4.05. The largest absolute Gasteiger partial charge is 0.367 e. The monoisotopic (exact) mass is 308 g/mol. The van der Waals surface area contributed by atoms with Crippen LogP contribution in [-0.4, -0.2) is 17.4 Å². The van der Waals surface area contributed by atoms with E-state index in [-0.39, 0.29) is 17.1 Å². The van der Waals surface area contributed by atoms with Crippen molar-refractivity contribution in [2.24, 2.45) is 5.41 Å². The van der Waals surface area contributed by atoms with Crippen molar-refractivity contribution in [2.45, 2.75) is 20.3 Å². The summed E-state index contributed by atoms with van der Waals surface area (Å²) < 4.78 is 14.1.